The number of fused-ring (bicyclic) bond motifs is 1. The summed E-state index contributed by atoms with van der Waals surface area (Å²) in [5, 5.41) is 6.55. The maximum Gasteiger partial charge on any atom is 0.417 e. The summed E-state index contributed by atoms with van der Waals surface area (Å²) in [6, 6.07) is 11.6. The minimum atomic E-state index is -4.49. The lowest BCUT2D eigenvalue weighted by Gasteiger charge is -2.23. The largest absolute Gasteiger partial charge is 0.417 e. The van der Waals surface area contributed by atoms with E-state index >= 15 is 0 Å². The Morgan fingerprint density at radius 3 is 2.56 bits per heavy atom. The molecule has 1 aliphatic rings. The van der Waals surface area contributed by atoms with Gasteiger partial charge in [-0.15, -0.1) is 0 Å². The Hall–Kier alpha value is -3.35. The van der Waals surface area contributed by atoms with E-state index in [-0.39, 0.29) is 11.3 Å². The zero-order valence-electron chi connectivity index (χ0n) is 19.0. The number of aryl methyl sites for hydroxylation is 1. The molecule has 4 rings (SSSR count). The van der Waals surface area contributed by atoms with E-state index in [0.717, 1.165) is 55.2 Å². The van der Waals surface area contributed by atoms with Crippen LogP contribution >= 0.6 is 0 Å². The molecule has 3 nitrogen and oxygen atoms in total. The van der Waals surface area contributed by atoms with Gasteiger partial charge in [0.25, 0.3) is 0 Å². The van der Waals surface area contributed by atoms with E-state index < -0.39 is 17.6 Å². The van der Waals surface area contributed by atoms with Crippen LogP contribution < -0.4 is 10.6 Å². The van der Waals surface area contributed by atoms with Crippen molar-refractivity contribution in [1.29, 1.82) is 0 Å². The number of aromatic nitrogens is 1. The van der Waals surface area contributed by atoms with Crippen LogP contribution in [0.15, 0.2) is 55.1 Å². The van der Waals surface area contributed by atoms with E-state index in [0.29, 0.717) is 23.4 Å². The quantitative estimate of drug-likeness (QED) is 0.348. The van der Waals surface area contributed by atoms with Crippen molar-refractivity contribution < 1.29 is 17.6 Å². The van der Waals surface area contributed by atoms with Crippen LogP contribution in [0.2, 0.25) is 0 Å². The lowest BCUT2D eigenvalue weighted by Crippen LogP contribution is -2.13. The average Bonchev–Trinajstić information content (AvgIpc) is 2.82. The minimum absolute atomic E-state index is 0.0353. The first-order chi connectivity index (χ1) is 16.3. The van der Waals surface area contributed by atoms with Crippen molar-refractivity contribution in [3.05, 3.63) is 83.3 Å². The summed E-state index contributed by atoms with van der Waals surface area (Å²) >= 11 is 0. The van der Waals surface area contributed by atoms with Crippen LogP contribution in [-0.2, 0) is 19.0 Å². The number of halogens is 4. The normalized spacial score (nSPS) is 13.3. The number of hydrogen-bond acceptors (Lipinski definition) is 3. The summed E-state index contributed by atoms with van der Waals surface area (Å²) in [6.07, 6.45) is -0.230. The van der Waals surface area contributed by atoms with Crippen LogP contribution in [0.5, 0.6) is 0 Å². The number of benzene rings is 2. The monoisotopic (exact) mass is 469 g/mol. The maximum absolute atomic E-state index is 14.1. The van der Waals surface area contributed by atoms with Crippen molar-refractivity contribution in [2.75, 3.05) is 17.2 Å². The molecule has 178 valence electrons. The van der Waals surface area contributed by atoms with Crippen LogP contribution in [0.1, 0.15) is 48.6 Å². The van der Waals surface area contributed by atoms with E-state index in [9.17, 15) is 17.6 Å². The zero-order chi connectivity index (χ0) is 24.3. The molecule has 1 aromatic heterocycles. The van der Waals surface area contributed by atoms with Crippen molar-refractivity contribution in [3.63, 3.8) is 0 Å². The van der Waals surface area contributed by atoms with E-state index in [1.165, 1.54) is 24.3 Å². The van der Waals surface area contributed by atoms with Crippen molar-refractivity contribution in [2.45, 2.75) is 45.2 Å². The molecule has 0 fully saturated rings. The molecule has 0 spiro atoms. The zero-order valence-corrected chi connectivity index (χ0v) is 19.0. The average molecular weight is 470 g/mol. The molecule has 2 aromatic carbocycles. The Balaban J connectivity index is 1.77. The molecule has 1 aliphatic carbocycles. The van der Waals surface area contributed by atoms with Gasteiger partial charge in [0.2, 0.25) is 0 Å². The summed E-state index contributed by atoms with van der Waals surface area (Å²) in [6.45, 7) is 6.87. The van der Waals surface area contributed by atoms with Crippen LogP contribution in [0, 0.1) is 5.82 Å². The molecule has 0 aliphatic heterocycles. The van der Waals surface area contributed by atoms with E-state index in [2.05, 4.69) is 22.2 Å². The molecule has 0 radical (unpaired) electrons. The summed E-state index contributed by atoms with van der Waals surface area (Å²) < 4.78 is 55.1. The Morgan fingerprint density at radius 2 is 1.79 bits per heavy atom. The van der Waals surface area contributed by atoms with Gasteiger partial charge >= 0.3 is 6.18 Å². The first kappa shape index (κ1) is 23.8. The lowest BCUT2D eigenvalue weighted by atomic mass is 9.92. The highest BCUT2D eigenvalue weighted by atomic mass is 19.4. The number of nitrogens with zero attached hydrogens (tertiary/aromatic N) is 1. The summed E-state index contributed by atoms with van der Waals surface area (Å²) in [7, 11) is 0. The van der Waals surface area contributed by atoms with Crippen LogP contribution in [0.3, 0.4) is 0 Å². The highest BCUT2D eigenvalue weighted by Crippen LogP contribution is 2.39. The fourth-order valence-electron chi connectivity index (χ4n) is 4.32. The number of nitrogens with one attached hydrogen (secondary N) is 2. The molecule has 0 bridgehead atoms. The fraction of sp³-hybridized carbons (Fsp3) is 0.296. The fourth-order valence-corrected chi connectivity index (χ4v) is 4.32. The number of rotatable bonds is 7. The number of hydrogen-bond donors (Lipinski definition) is 2. The number of pyridine rings is 1. The van der Waals surface area contributed by atoms with Crippen molar-refractivity contribution in [2.24, 2.45) is 0 Å². The Morgan fingerprint density at radius 1 is 1.03 bits per heavy atom. The summed E-state index contributed by atoms with van der Waals surface area (Å²) in [5.74, 6) is -0.392. The maximum atomic E-state index is 14.1. The first-order valence-electron chi connectivity index (χ1n) is 11.5. The molecule has 0 saturated heterocycles. The van der Waals surface area contributed by atoms with Gasteiger partial charge in [-0.05, 0) is 68.0 Å². The predicted molar refractivity (Wildman–Crippen MR) is 129 cm³/mol. The predicted octanol–water partition coefficient (Wildman–Crippen LogP) is 7.69. The van der Waals surface area contributed by atoms with Crippen LogP contribution in [0.4, 0.5) is 28.9 Å². The SMILES string of the molecule is C=C(Nc1cc(-c2ccccc2C(F)(F)F)nc2c1CCCC2)c1cc(F)ccc1NCCC. The minimum Gasteiger partial charge on any atom is -0.385 e. The molecule has 34 heavy (non-hydrogen) atoms. The van der Waals surface area contributed by atoms with Gasteiger partial charge in [-0.2, -0.15) is 13.2 Å². The third-order valence-corrected chi connectivity index (χ3v) is 5.97. The molecule has 1 heterocycles. The van der Waals surface area contributed by atoms with Gasteiger partial charge in [-0.1, -0.05) is 31.7 Å². The summed E-state index contributed by atoms with van der Waals surface area (Å²) in [4.78, 5) is 4.63. The third kappa shape index (κ3) is 5.08. The standard InChI is InChI=1S/C27H27F4N3/c1-3-14-32-23-13-12-18(28)15-21(23)17(2)33-26-16-25(34-24-11-7-5-9-20(24)26)19-8-4-6-10-22(19)27(29,30)31/h4,6,8,10,12-13,15-16,32H,2-3,5,7,9,11,14H2,1H3,(H,33,34). The molecule has 0 atom stereocenters. The van der Waals surface area contributed by atoms with Crippen LogP contribution in [-0.4, -0.2) is 11.5 Å². The second-order valence-corrected chi connectivity index (χ2v) is 8.45. The van der Waals surface area contributed by atoms with Crippen molar-refractivity contribution in [1.82, 2.24) is 4.98 Å². The Kier molecular flexibility index (Phi) is 6.91. The molecular weight excluding hydrogens is 442 g/mol. The molecule has 0 amide bonds. The van der Waals surface area contributed by atoms with Crippen molar-refractivity contribution in [3.8, 4) is 11.3 Å². The molecule has 3 aromatic rings. The van der Waals surface area contributed by atoms with Crippen LogP contribution in [0.25, 0.3) is 17.0 Å². The van der Waals surface area contributed by atoms with E-state index in [1.807, 2.05) is 6.92 Å². The van der Waals surface area contributed by atoms with Gasteiger partial charge in [0.05, 0.1) is 11.3 Å². The third-order valence-electron chi connectivity index (χ3n) is 5.97. The van der Waals surface area contributed by atoms with Gasteiger partial charge in [-0.25, -0.2) is 4.39 Å². The van der Waals surface area contributed by atoms with Gasteiger partial charge in [0.15, 0.2) is 0 Å². The smallest absolute Gasteiger partial charge is 0.385 e. The van der Waals surface area contributed by atoms with E-state index in [1.54, 1.807) is 18.2 Å². The first-order valence-corrected chi connectivity index (χ1v) is 11.5. The molecule has 2 N–H and O–H groups in total. The second kappa shape index (κ2) is 9.87. The van der Waals surface area contributed by atoms with Gasteiger partial charge in [-0.3, -0.25) is 4.98 Å². The Labute approximate surface area is 196 Å². The topological polar surface area (TPSA) is 37.0 Å². The van der Waals surface area contributed by atoms with Gasteiger partial charge < -0.3 is 10.6 Å². The summed E-state index contributed by atoms with van der Waals surface area (Å²) in [5.41, 5.74) is 3.78. The van der Waals surface area contributed by atoms with Gasteiger partial charge in [0, 0.05) is 40.4 Å². The molecule has 0 saturated carbocycles. The van der Waals surface area contributed by atoms with Gasteiger partial charge in [0.1, 0.15) is 5.82 Å². The lowest BCUT2D eigenvalue weighted by molar-refractivity contribution is -0.137. The highest BCUT2D eigenvalue weighted by Gasteiger charge is 2.34. The Bertz CT molecular complexity index is 1200. The number of alkyl halides is 3. The van der Waals surface area contributed by atoms with Crippen molar-refractivity contribution >= 4 is 17.1 Å². The second-order valence-electron chi connectivity index (χ2n) is 8.45. The molecular formula is C27H27F4N3. The highest BCUT2D eigenvalue weighted by molar-refractivity contribution is 5.84. The molecule has 0 unspecified atom stereocenters. The molecule has 7 heteroatoms. The number of anilines is 2. The van der Waals surface area contributed by atoms with E-state index in [4.69, 9.17) is 0 Å².